The summed E-state index contributed by atoms with van der Waals surface area (Å²) in [5.74, 6) is 0. The molecule has 0 N–H and O–H groups in total. The van der Waals surface area contributed by atoms with Crippen LogP contribution in [0.3, 0.4) is 0 Å². The predicted molar refractivity (Wildman–Crippen MR) is 66.9 cm³/mol. The van der Waals surface area contributed by atoms with Crippen LogP contribution in [-0.4, -0.2) is 14.7 Å². The lowest BCUT2D eigenvalue weighted by Crippen LogP contribution is -2.04. The van der Waals surface area contributed by atoms with Crippen LogP contribution in [0.1, 0.15) is 11.3 Å². The molecule has 2 rings (SSSR count). The lowest BCUT2D eigenvalue weighted by Gasteiger charge is -2.05. The Kier molecular flexibility index (Phi) is 3.23. The molecule has 0 atom stereocenters. The standard InChI is InChI=1S/C11H10BrN3O2/c1-8-4-5-13-14(8)7-9-2-3-10(12)11(6-9)15(16)17/h2-6H,7H2,1H3. The number of rotatable bonds is 3. The van der Waals surface area contributed by atoms with Crippen LogP contribution in [0.2, 0.25) is 0 Å². The van der Waals surface area contributed by atoms with Crippen molar-refractivity contribution in [1.82, 2.24) is 9.78 Å². The summed E-state index contributed by atoms with van der Waals surface area (Å²) in [5, 5.41) is 14.9. The van der Waals surface area contributed by atoms with E-state index in [-0.39, 0.29) is 5.69 Å². The Balaban J connectivity index is 2.32. The quantitative estimate of drug-likeness (QED) is 0.646. The maximum absolute atomic E-state index is 10.8. The van der Waals surface area contributed by atoms with Crippen molar-refractivity contribution in [3.05, 3.63) is 56.3 Å². The minimum atomic E-state index is -0.399. The van der Waals surface area contributed by atoms with E-state index >= 15 is 0 Å². The molecule has 1 aromatic heterocycles. The summed E-state index contributed by atoms with van der Waals surface area (Å²) in [6.07, 6.45) is 1.71. The van der Waals surface area contributed by atoms with Gasteiger partial charge in [0.1, 0.15) is 0 Å². The second kappa shape index (κ2) is 4.67. The van der Waals surface area contributed by atoms with Gasteiger partial charge in [-0.2, -0.15) is 5.10 Å². The number of benzene rings is 1. The summed E-state index contributed by atoms with van der Waals surface area (Å²) >= 11 is 3.16. The highest BCUT2D eigenvalue weighted by molar-refractivity contribution is 9.10. The van der Waals surface area contributed by atoms with Crippen LogP contribution < -0.4 is 0 Å². The minimum Gasteiger partial charge on any atom is -0.265 e. The summed E-state index contributed by atoms with van der Waals surface area (Å²) in [6.45, 7) is 2.48. The van der Waals surface area contributed by atoms with Gasteiger partial charge in [0.15, 0.2) is 0 Å². The molecule has 0 unspecified atom stereocenters. The third-order valence-electron chi connectivity index (χ3n) is 2.47. The van der Waals surface area contributed by atoms with E-state index in [1.807, 2.05) is 19.1 Å². The van der Waals surface area contributed by atoms with E-state index in [4.69, 9.17) is 0 Å². The number of nitro groups is 1. The molecule has 0 saturated heterocycles. The molecule has 0 aliphatic carbocycles. The first kappa shape index (κ1) is 11.8. The average molecular weight is 296 g/mol. The molecule has 2 aromatic rings. The first-order valence-corrected chi connectivity index (χ1v) is 5.78. The molecule has 17 heavy (non-hydrogen) atoms. The number of aryl methyl sites for hydroxylation is 1. The van der Waals surface area contributed by atoms with Crippen molar-refractivity contribution >= 4 is 21.6 Å². The van der Waals surface area contributed by atoms with E-state index in [0.717, 1.165) is 11.3 Å². The lowest BCUT2D eigenvalue weighted by molar-refractivity contribution is -0.385. The van der Waals surface area contributed by atoms with Crippen molar-refractivity contribution in [3.63, 3.8) is 0 Å². The Morgan fingerprint density at radius 3 is 2.82 bits per heavy atom. The van der Waals surface area contributed by atoms with Crippen molar-refractivity contribution < 1.29 is 4.92 Å². The van der Waals surface area contributed by atoms with Gasteiger partial charge >= 0.3 is 0 Å². The SMILES string of the molecule is Cc1ccnn1Cc1ccc(Br)c([N+](=O)[O-])c1. The zero-order chi connectivity index (χ0) is 12.4. The van der Waals surface area contributed by atoms with Gasteiger partial charge in [-0.1, -0.05) is 6.07 Å². The fourth-order valence-electron chi connectivity index (χ4n) is 1.53. The van der Waals surface area contributed by atoms with Crippen LogP contribution in [0.25, 0.3) is 0 Å². The van der Waals surface area contributed by atoms with Crippen LogP contribution in [0.5, 0.6) is 0 Å². The van der Waals surface area contributed by atoms with Crippen molar-refractivity contribution in [2.45, 2.75) is 13.5 Å². The largest absolute Gasteiger partial charge is 0.283 e. The highest BCUT2D eigenvalue weighted by Gasteiger charge is 2.12. The zero-order valence-electron chi connectivity index (χ0n) is 9.13. The normalized spacial score (nSPS) is 10.5. The highest BCUT2D eigenvalue weighted by atomic mass is 79.9. The van der Waals surface area contributed by atoms with Crippen molar-refractivity contribution in [2.24, 2.45) is 0 Å². The van der Waals surface area contributed by atoms with Gasteiger partial charge in [0, 0.05) is 18.0 Å². The molecule has 0 spiro atoms. The molecule has 0 bridgehead atoms. The van der Waals surface area contributed by atoms with Gasteiger partial charge in [0.25, 0.3) is 5.69 Å². The molecule has 1 heterocycles. The van der Waals surface area contributed by atoms with E-state index in [1.54, 1.807) is 23.0 Å². The Labute approximate surface area is 106 Å². The average Bonchev–Trinajstić information content (AvgIpc) is 2.67. The molecule has 0 fully saturated rings. The Hall–Kier alpha value is -1.69. The van der Waals surface area contributed by atoms with Crippen LogP contribution in [0, 0.1) is 17.0 Å². The molecular formula is C11H10BrN3O2. The number of hydrogen-bond acceptors (Lipinski definition) is 3. The molecule has 0 amide bonds. The molecule has 0 aliphatic heterocycles. The van der Waals surface area contributed by atoms with Crippen molar-refractivity contribution in [3.8, 4) is 0 Å². The molecule has 0 saturated carbocycles. The van der Waals surface area contributed by atoms with E-state index < -0.39 is 4.92 Å². The van der Waals surface area contributed by atoms with Gasteiger partial charge in [0.05, 0.1) is 15.9 Å². The topological polar surface area (TPSA) is 61.0 Å². The number of aromatic nitrogens is 2. The van der Waals surface area contributed by atoms with Crippen molar-refractivity contribution in [1.29, 1.82) is 0 Å². The highest BCUT2D eigenvalue weighted by Crippen LogP contribution is 2.25. The Morgan fingerprint density at radius 1 is 1.47 bits per heavy atom. The number of nitro benzene ring substituents is 1. The number of hydrogen-bond donors (Lipinski definition) is 0. The van der Waals surface area contributed by atoms with Crippen LogP contribution in [-0.2, 0) is 6.54 Å². The molecule has 88 valence electrons. The van der Waals surface area contributed by atoms with E-state index in [1.165, 1.54) is 0 Å². The molecule has 0 radical (unpaired) electrons. The van der Waals surface area contributed by atoms with Crippen LogP contribution in [0.4, 0.5) is 5.69 Å². The van der Waals surface area contributed by atoms with E-state index in [9.17, 15) is 10.1 Å². The Bertz CT molecular complexity index is 566. The molecular weight excluding hydrogens is 286 g/mol. The maximum atomic E-state index is 10.8. The van der Waals surface area contributed by atoms with E-state index in [2.05, 4.69) is 21.0 Å². The summed E-state index contributed by atoms with van der Waals surface area (Å²) < 4.78 is 2.29. The summed E-state index contributed by atoms with van der Waals surface area (Å²) in [7, 11) is 0. The minimum absolute atomic E-state index is 0.0762. The lowest BCUT2D eigenvalue weighted by atomic mass is 10.2. The van der Waals surface area contributed by atoms with Gasteiger partial charge in [-0.25, -0.2) is 0 Å². The Morgan fingerprint density at radius 2 is 2.24 bits per heavy atom. The van der Waals surface area contributed by atoms with Gasteiger partial charge < -0.3 is 0 Å². The second-order valence-corrected chi connectivity index (χ2v) is 4.53. The fraction of sp³-hybridized carbons (Fsp3) is 0.182. The smallest absolute Gasteiger partial charge is 0.265 e. The number of halogens is 1. The molecule has 6 heteroatoms. The fourth-order valence-corrected chi connectivity index (χ4v) is 1.93. The molecule has 1 aromatic carbocycles. The molecule has 5 nitrogen and oxygen atoms in total. The van der Waals surface area contributed by atoms with Crippen LogP contribution >= 0.6 is 15.9 Å². The predicted octanol–water partition coefficient (Wildman–Crippen LogP) is 2.91. The summed E-state index contributed by atoms with van der Waals surface area (Å²) in [5.41, 5.74) is 1.95. The van der Waals surface area contributed by atoms with Gasteiger partial charge in [-0.15, -0.1) is 0 Å². The van der Waals surface area contributed by atoms with Gasteiger partial charge in [-0.3, -0.25) is 14.8 Å². The second-order valence-electron chi connectivity index (χ2n) is 3.67. The third-order valence-corrected chi connectivity index (χ3v) is 3.14. The van der Waals surface area contributed by atoms with E-state index in [0.29, 0.717) is 11.0 Å². The van der Waals surface area contributed by atoms with Gasteiger partial charge in [-0.05, 0) is 40.5 Å². The summed E-state index contributed by atoms with van der Waals surface area (Å²) in [6, 6.07) is 6.99. The number of nitrogens with zero attached hydrogens (tertiary/aromatic N) is 3. The maximum Gasteiger partial charge on any atom is 0.283 e. The first-order valence-electron chi connectivity index (χ1n) is 4.99. The zero-order valence-corrected chi connectivity index (χ0v) is 10.7. The summed E-state index contributed by atoms with van der Waals surface area (Å²) in [4.78, 5) is 10.4. The molecule has 0 aliphatic rings. The van der Waals surface area contributed by atoms with Gasteiger partial charge in [0.2, 0.25) is 0 Å². The van der Waals surface area contributed by atoms with Crippen LogP contribution in [0.15, 0.2) is 34.9 Å². The first-order chi connectivity index (χ1) is 8.08. The third kappa shape index (κ3) is 2.52. The van der Waals surface area contributed by atoms with Crippen molar-refractivity contribution in [2.75, 3.05) is 0 Å². The monoisotopic (exact) mass is 295 g/mol.